The maximum atomic E-state index is 12.2. The van der Waals surface area contributed by atoms with E-state index >= 15 is 0 Å². The van der Waals surface area contributed by atoms with Crippen LogP contribution in [0.1, 0.15) is 0 Å². The van der Waals surface area contributed by atoms with Gasteiger partial charge in [0, 0.05) is 0 Å². The molecule has 53 valence electrons. The minimum atomic E-state index is -1.46. The molecule has 0 aromatic carbocycles. The summed E-state index contributed by atoms with van der Waals surface area (Å²) in [5.41, 5.74) is 0. The van der Waals surface area contributed by atoms with Crippen molar-refractivity contribution in [1.29, 1.82) is 0 Å². The topological polar surface area (TPSA) is 49.7 Å². The first-order valence-electron chi connectivity index (χ1n) is 2.67. The Morgan fingerprint density at radius 1 is 1.67 bits per heavy atom. The molecule has 1 fully saturated rings. The van der Waals surface area contributed by atoms with Crippen LogP contribution in [0, 0.1) is 6.61 Å². The van der Waals surface area contributed by atoms with Gasteiger partial charge in [0.2, 0.25) is 0 Å². The molecule has 0 aromatic rings. The fourth-order valence-electron chi connectivity index (χ4n) is 0.693. The number of aliphatic hydroxyl groups is 2. The predicted molar refractivity (Wildman–Crippen MR) is 27.2 cm³/mol. The molecule has 0 aromatic heterocycles. The van der Waals surface area contributed by atoms with Gasteiger partial charge in [-0.25, -0.2) is 4.39 Å². The van der Waals surface area contributed by atoms with Crippen molar-refractivity contribution in [2.24, 2.45) is 0 Å². The summed E-state index contributed by atoms with van der Waals surface area (Å²) < 4.78 is 16.7. The third kappa shape index (κ3) is 1.20. The summed E-state index contributed by atoms with van der Waals surface area (Å²) in [6.45, 7) is 0.545. The normalized spacial score (nSPS) is 43.7. The highest BCUT2D eigenvalue weighted by Crippen LogP contribution is 2.19. The Hall–Kier alpha value is -0.190. The van der Waals surface area contributed by atoms with Crippen molar-refractivity contribution < 1.29 is 19.3 Å². The fourth-order valence-corrected chi connectivity index (χ4v) is 0.693. The Morgan fingerprint density at radius 2 is 2.33 bits per heavy atom. The van der Waals surface area contributed by atoms with Gasteiger partial charge in [0.25, 0.3) is 0 Å². The van der Waals surface area contributed by atoms with Crippen LogP contribution in [0.4, 0.5) is 4.39 Å². The molecule has 0 amide bonds. The average molecular weight is 135 g/mol. The lowest BCUT2D eigenvalue weighted by Crippen LogP contribution is -2.29. The summed E-state index contributed by atoms with van der Waals surface area (Å²) in [7, 11) is 0. The fraction of sp³-hybridized carbons (Fsp3) is 0.800. The molecule has 1 aliphatic rings. The van der Waals surface area contributed by atoms with Gasteiger partial charge in [0.1, 0.15) is 18.8 Å². The largest absolute Gasteiger partial charge is 0.394 e. The van der Waals surface area contributed by atoms with Crippen molar-refractivity contribution >= 4 is 0 Å². The van der Waals surface area contributed by atoms with Crippen molar-refractivity contribution in [1.82, 2.24) is 0 Å². The lowest BCUT2D eigenvalue weighted by molar-refractivity contribution is 0.00800. The molecule has 0 spiro atoms. The Labute approximate surface area is 52.1 Å². The van der Waals surface area contributed by atoms with Crippen LogP contribution in [0.25, 0.3) is 0 Å². The van der Waals surface area contributed by atoms with Gasteiger partial charge in [-0.3, -0.25) is 0 Å². The number of rotatable bonds is 1. The number of aliphatic hydroxyl groups excluding tert-OH is 2. The molecule has 0 bridgehead atoms. The van der Waals surface area contributed by atoms with Crippen molar-refractivity contribution in [3.05, 3.63) is 6.61 Å². The summed E-state index contributed by atoms with van der Waals surface area (Å²) in [5.74, 6) is 0. The van der Waals surface area contributed by atoms with E-state index in [-0.39, 0.29) is 6.61 Å². The van der Waals surface area contributed by atoms with Crippen molar-refractivity contribution in [2.45, 2.75) is 18.4 Å². The molecule has 1 heterocycles. The molecule has 1 rings (SSSR count). The van der Waals surface area contributed by atoms with Crippen LogP contribution in [0.5, 0.6) is 0 Å². The molecule has 9 heavy (non-hydrogen) atoms. The van der Waals surface area contributed by atoms with Gasteiger partial charge < -0.3 is 14.9 Å². The molecule has 1 radical (unpaired) electrons. The molecule has 3 atom stereocenters. The van der Waals surface area contributed by atoms with Crippen LogP contribution < -0.4 is 0 Å². The Bertz CT molecular complexity index is 98.2. The maximum Gasteiger partial charge on any atom is 0.157 e. The Balaban J connectivity index is 2.41. The first-order chi connectivity index (χ1) is 4.25. The summed E-state index contributed by atoms with van der Waals surface area (Å²) in [4.78, 5) is 0. The highest BCUT2D eigenvalue weighted by atomic mass is 19.1. The molecule has 1 saturated heterocycles. The van der Waals surface area contributed by atoms with E-state index < -0.39 is 18.4 Å². The molecule has 4 heteroatoms. The summed E-state index contributed by atoms with van der Waals surface area (Å²) in [6, 6.07) is 0. The number of hydrogen-bond acceptors (Lipinski definition) is 3. The van der Waals surface area contributed by atoms with Crippen LogP contribution in [-0.4, -0.2) is 35.2 Å². The Kier molecular flexibility index (Phi) is 2.00. The van der Waals surface area contributed by atoms with Crippen molar-refractivity contribution in [3.63, 3.8) is 0 Å². The third-order valence-electron chi connectivity index (χ3n) is 1.27. The second-order valence-corrected chi connectivity index (χ2v) is 1.93. The van der Waals surface area contributed by atoms with Gasteiger partial charge in [-0.2, -0.15) is 0 Å². The van der Waals surface area contributed by atoms with Gasteiger partial charge in [-0.05, 0) is 0 Å². The van der Waals surface area contributed by atoms with Crippen molar-refractivity contribution in [3.8, 4) is 0 Å². The number of halogens is 1. The summed E-state index contributed by atoms with van der Waals surface area (Å²) >= 11 is 0. The second-order valence-electron chi connectivity index (χ2n) is 1.93. The molecular formula is C5H8FO3. The number of alkyl halides is 1. The van der Waals surface area contributed by atoms with E-state index in [1.807, 2.05) is 0 Å². The zero-order valence-corrected chi connectivity index (χ0v) is 4.70. The van der Waals surface area contributed by atoms with E-state index in [2.05, 4.69) is 4.74 Å². The standard InChI is InChI=1S/C5H8FO3/c6-3-2-9-4(1-7)5(3)8/h2-5,7-8H,1H2/t3-,4+,5-/m0/s1. The minimum absolute atomic E-state index is 0.349. The summed E-state index contributed by atoms with van der Waals surface area (Å²) in [5, 5.41) is 17.1. The average Bonchev–Trinajstić information content (AvgIpc) is 2.15. The predicted octanol–water partition coefficient (Wildman–Crippen LogP) is -0.762. The zero-order chi connectivity index (χ0) is 6.85. The number of ether oxygens (including phenoxy) is 1. The van der Waals surface area contributed by atoms with Crippen LogP contribution in [0.3, 0.4) is 0 Å². The highest BCUT2D eigenvalue weighted by molar-refractivity contribution is 4.89. The molecule has 0 saturated carbocycles. The smallest absolute Gasteiger partial charge is 0.157 e. The Morgan fingerprint density at radius 3 is 2.56 bits per heavy atom. The van der Waals surface area contributed by atoms with Crippen LogP contribution in [0.2, 0.25) is 0 Å². The molecule has 1 aliphatic heterocycles. The lowest BCUT2D eigenvalue weighted by Gasteiger charge is -2.08. The molecule has 2 N–H and O–H groups in total. The maximum absolute atomic E-state index is 12.2. The van der Waals surface area contributed by atoms with Gasteiger partial charge in [-0.1, -0.05) is 0 Å². The van der Waals surface area contributed by atoms with E-state index in [0.717, 1.165) is 6.61 Å². The van der Waals surface area contributed by atoms with E-state index in [4.69, 9.17) is 10.2 Å². The second kappa shape index (κ2) is 2.60. The number of hydrogen-bond donors (Lipinski definition) is 2. The van der Waals surface area contributed by atoms with Crippen LogP contribution in [0.15, 0.2) is 0 Å². The quantitative estimate of drug-likeness (QED) is 0.496. The monoisotopic (exact) mass is 135 g/mol. The summed E-state index contributed by atoms with van der Waals surface area (Å²) in [6.07, 6.45) is -3.43. The van der Waals surface area contributed by atoms with Gasteiger partial charge >= 0.3 is 0 Å². The van der Waals surface area contributed by atoms with Gasteiger partial charge in [-0.15, -0.1) is 0 Å². The van der Waals surface area contributed by atoms with E-state index in [1.54, 1.807) is 0 Å². The first kappa shape index (κ1) is 6.92. The minimum Gasteiger partial charge on any atom is -0.394 e. The zero-order valence-electron chi connectivity index (χ0n) is 4.70. The molecule has 0 unspecified atom stereocenters. The first-order valence-corrected chi connectivity index (χ1v) is 2.67. The van der Waals surface area contributed by atoms with Gasteiger partial charge in [0.15, 0.2) is 6.17 Å². The molecular weight excluding hydrogens is 127 g/mol. The van der Waals surface area contributed by atoms with E-state index in [9.17, 15) is 4.39 Å². The SMILES string of the molecule is OC[C@H]1O[CH][C@H](F)[C@@H]1O. The van der Waals surface area contributed by atoms with Crippen LogP contribution in [-0.2, 0) is 4.74 Å². The van der Waals surface area contributed by atoms with Crippen LogP contribution >= 0.6 is 0 Å². The third-order valence-corrected chi connectivity index (χ3v) is 1.27. The molecule has 0 aliphatic carbocycles. The van der Waals surface area contributed by atoms with E-state index in [1.165, 1.54) is 0 Å². The highest BCUT2D eigenvalue weighted by Gasteiger charge is 2.35. The lowest BCUT2D eigenvalue weighted by atomic mass is 10.2. The van der Waals surface area contributed by atoms with E-state index in [0.29, 0.717) is 0 Å². The molecule has 3 nitrogen and oxygen atoms in total. The van der Waals surface area contributed by atoms with Crippen molar-refractivity contribution in [2.75, 3.05) is 6.61 Å². The van der Waals surface area contributed by atoms with Gasteiger partial charge in [0.05, 0.1) is 6.61 Å².